The van der Waals surface area contributed by atoms with Gasteiger partial charge in [-0.1, -0.05) is 17.8 Å². The number of furan rings is 1. The first-order valence-corrected chi connectivity index (χ1v) is 10.0. The number of thioether (sulfide) groups is 1. The predicted molar refractivity (Wildman–Crippen MR) is 112 cm³/mol. The van der Waals surface area contributed by atoms with E-state index in [1.54, 1.807) is 42.9 Å². The third kappa shape index (κ3) is 4.56. The molecular formula is C21H16N6O2S. The van der Waals surface area contributed by atoms with Crippen LogP contribution in [0.2, 0.25) is 0 Å². The quantitative estimate of drug-likeness (QED) is 0.459. The van der Waals surface area contributed by atoms with E-state index in [0.29, 0.717) is 28.8 Å². The minimum absolute atomic E-state index is 0.139. The van der Waals surface area contributed by atoms with E-state index in [0.717, 1.165) is 11.3 Å². The van der Waals surface area contributed by atoms with Gasteiger partial charge in [-0.05, 0) is 42.5 Å². The summed E-state index contributed by atoms with van der Waals surface area (Å²) in [6.45, 7) is 0.429. The molecule has 8 nitrogen and oxygen atoms in total. The second-order valence-electron chi connectivity index (χ2n) is 6.24. The van der Waals surface area contributed by atoms with E-state index < -0.39 is 0 Å². The van der Waals surface area contributed by atoms with Crippen LogP contribution in [0, 0.1) is 11.3 Å². The Kier molecular flexibility index (Phi) is 5.87. The van der Waals surface area contributed by atoms with Crippen molar-refractivity contribution < 1.29 is 9.21 Å². The lowest BCUT2D eigenvalue weighted by Crippen LogP contribution is -2.15. The Hall–Kier alpha value is -3.90. The zero-order valence-corrected chi connectivity index (χ0v) is 16.5. The van der Waals surface area contributed by atoms with Gasteiger partial charge in [-0.3, -0.25) is 14.3 Å². The summed E-state index contributed by atoms with van der Waals surface area (Å²) in [5, 5.41) is 20.9. The summed E-state index contributed by atoms with van der Waals surface area (Å²) in [4.78, 5) is 16.5. The number of benzene rings is 1. The molecule has 0 fully saturated rings. The van der Waals surface area contributed by atoms with Crippen LogP contribution in [-0.2, 0) is 11.3 Å². The SMILES string of the molecule is N#Cc1cccc(NC(=O)CSc2nnc(-c3cccnc3)n2Cc2ccco2)c1. The molecule has 4 rings (SSSR count). The van der Waals surface area contributed by atoms with E-state index in [1.165, 1.54) is 11.8 Å². The van der Waals surface area contributed by atoms with Gasteiger partial charge in [0, 0.05) is 23.6 Å². The highest BCUT2D eigenvalue weighted by molar-refractivity contribution is 7.99. The summed E-state index contributed by atoms with van der Waals surface area (Å²) in [7, 11) is 0. The average Bonchev–Trinajstić information content (AvgIpc) is 3.43. The Labute approximate surface area is 176 Å². The molecule has 3 heterocycles. The second-order valence-corrected chi connectivity index (χ2v) is 7.19. The number of nitrogens with zero attached hydrogens (tertiary/aromatic N) is 5. The Morgan fingerprint density at radius 3 is 2.90 bits per heavy atom. The van der Waals surface area contributed by atoms with Gasteiger partial charge in [0.1, 0.15) is 5.76 Å². The number of amides is 1. The Balaban J connectivity index is 1.51. The molecule has 0 saturated carbocycles. The highest BCUT2D eigenvalue weighted by Crippen LogP contribution is 2.25. The van der Waals surface area contributed by atoms with Crippen LogP contribution in [0.4, 0.5) is 5.69 Å². The van der Waals surface area contributed by atoms with Gasteiger partial charge in [0.15, 0.2) is 11.0 Å². The number of carbonyl (C=O) groups excluding carboxylic acids is 1. The molecule has 0 saturated heterocycles. The van der Waals surface area contributed by atoms with Crippen molar-refractivity contribution in [3.8, 4) is 17.5 Å². The maximum atomic E-state index is 12.4. The molecule has 0 radical (unpaired) electrons. The molecule has 9 heteroatoms. The van der Waals surface area contributed by atoms with Crippen LogP contribution in [0.3, 0.4) is 0 Å². The molecule has 0 aliphatic carbocycles. The third-order valence-corrected chi connectivity index (χ3v) is 5.11. The van der Waals surface area contributed by atoms with Gasteiger partial charge in [-0.25, -0.2) is 0 Å². The smallest absolute Gasteiger partial charge is 0.234 e. The molecule has 0 aliphatic rings. The number of anilines is 1. The molecule has 0 bridgehead atoms. The lowest BCUT2D eigenvalue weighted by Gasteiger charge is -2.09. The fourth-order valence-corrected chi connectivity index (χ4v) is 3.54. The number of carbonyl (C=O) groups is 1. The summed E-state index contributed by atoms with van der Waals surface area (Å²) in [6.07, 6.45) is 5.02. The van der Waals surface area contributed by atoms with Crippen LogP contribution in [0.25, 0.3) is 11.4 Å². The highest BCUT2D eigenvalue weighted by atomic mass is 32.2. The van der Waals surface area contributed by atoms with Crippen molar-refractivity contribution in [1.82, 2.24) is 19.7 Å². The standard InChI is InChI=1S/C21H16N6O2S/c22-11-15-4-1-6-17(10-15)24-19(28)14-30-21-26-25-20(16-5-2-8-23-12-16)27(21)13-18-7-3-9-29-18/h1-10,12H,13-14H2,(H,24,28). The summed E-state index contributed by atoms with van der Waals surface area (Å²) >= 11 is 1.27. The average molecular weight is 416 g/mol. The molecule has 148 valence electrons. The fraction of sp³-hybridized carbons (Fsp3) is 0.0952. The molecule has 0 aliphatic heterocycles. The fourth-order valence-electron chi connectivity index (χ4n) is 2.80. The van der Waals surface area contributed by atoms with E-state index >= 15 is 0 Å². The summed E-state index contributed by atoms with van der Waals surface area (Å²) in [5.41, 5.74) is 1.88. The molecule has 1 aromatic carbocycles. The topological polar surface area (TPSA) is 110 Å². The van der Waals surface area contributed by atoms with Gasteiger partial charge in [0.05, 0.1) is 30.2 Å². The highest BCUT2D eigenvalue weighted by Gasteiger charge is 2.17. The monoisotopic (exact) mass is 416 g/mol. The first kappa shape index (κ1) is 19.4. The van der Waals surface area contributed by atoms with Crippen LogP contribution >= 0.6 is 11.8 Å². The van der Waals surface area contributed by atoms with Gasteiger partial charge in [-0.2, -0.15) is 5.26 Å². The molecule has 1 N–H and O–H groups in total. The van der Waals surface area contributed by atoms with Gasteiger partial charge >= 0.3 is 0 Å². The number of pyridine rings is 1. The number of rotatable bonds is 7. The zero-order valence-electron chi connectivity index (χ0n) is 15.7. The lowest BCUT2D eigenvalue weighted by atomic mass is 10.2. The molecule has 4 aromatic rings. The van der Waals surface area contributed by atoms with Gasteiger partial charge in [-0.15, -0.1) is 10.2 Å². The largest absolute Gasteiger partial charge is 0.467 e. The summed E-state index contributed by atoms with van der Waals surface area (Å²) in [5.74, 6) is 1.33. The first-order chi connectivity index (χ1) is 14.7. The van der Waals surface area contributed by atoms with Crippen LogP contribution in [0.1, 0.15) is 11.3 Å². The van der Waals surface area contributed by atoms with Crippen molar-refractivity contribution in [1.29, 1.82) is 5.26 Å². The van der Waals surface area contributed by atoms with Crippen molar-refractivity contribution >= 4 is 23.4 Å². The molecule has 3 aromatic heterocycles. The minimum atomic E-state index is -0.203. The molecule has 0 spiro atoms. The van der Waals surface area contributed by atoms with Crippen LogP contribution in [0.15, 0.2) is 76.8 Å². The zero-order chi connectivity index (χ0) is 20.8. The van der Waals surface area contributed by atoms with E-state index in [1.807, 2.05) is 28.8 Å². The van der Waals surface area contributed by atoms with Crippen molar-refractivity contribution in [2.24, 2.45) is 0 Å². The number of nitriles is 1. The molecule has 30 heavy (non-hydrogen) atoms. The number of hydrogen-bond donors (Lipinski definition) is 1. The summed E-state index contributed by atoms with van der Waals surface area (Å²) < 4.78 is 7.37. The van der Waals surface area contributed by atoms with Crippen molar-refractivity contribution in [2.45, 2.75) is 11.7 Å². The second kappa shape index (κ2) is 9.07. The van der Waals surface area contributed by atoms with E-state index in [-0.39, 0.29) is 11.7 Å². The molecule has 0 unspecified atom stereocenters. The number of nitrogens with one attached hydrogen (secondary N) is 1. The van der Waals surface area contributed by atoms with E-state index in [4.69, 9.17) is 9.68 Å². The lowest BCUT2D eigenvalue weighted by molar-refractivity contribution is -0.113. The minimum Gasteiger partial charge on any atom is -0.467 e. The van der Waals surface area contributed by atoms with E-state index in [9.17, 15) is 4.79 Å². The maximum Gasteiger partial charge on any atom is 0.234 e. The van der Waals surface area contributed by atoms with Crippen molar-refractivity contribution in [3.63, 3.8) is 0 Å². The maximum absolute atomic E-state index is 12.4. The Morgan fingerprint density at radius 2 is 2.13 bits per heavy atom. The van der Waals surface area contributed by atoms with Gasteiger partial charge in [0.25, 0.3) is 0 Å². The normalized spacial score (nSPS) is 10.5. The van der Waals surface area contributed by atoms with Crippen molar-refractivity contribution in [3.05, 3.63) is 78.5 Å². The predicted octanol–water partition coefficient (Wildman–Crippen LogP) is 3.58. The van der Waals surface area contributed by atoms with Crippen LogP contribution in [-0.4, -0.2) is 31.4 Å². The first-order valence-electron chi connectivity index (χ1n) is 9.02. The van der Waals surface area contributed by atoms with Crippen LogP contribution < -0.4 is 5.32 Å². The van der Waals surface area contributed by atoms with Gasteiger partial charge in [0.2, 0.25) is 5.91 Å². The number of aromatic nitrogens is 4. The third-order valence-electron chi connectivity index (χ3n) is 4.14. The summed E-state index contributed by atoms with van der Waals surface area (Å²) in [6, 6.07) is 16.2. The Morgan fingerprint density at radius 1 is 1.20 bits per heavy atom. The molecule has 1 amide bonds. The molecular weight excluding hydrogens is 400 g/mol. The number of hydrogen-bond acceptors (Lipinski definition) is 7. The molecule has 0 atom stereocenters. The van der Waals surface area contributed by atoms with Crippen LogP contribution in [0.5, 0.6) is 0 Å². The Bertz CT molecular complexity index is 1180. The van der Waals surface area contributed by atoms with E-state index in [2.05, 4.69) is 26.6 Å². The van der Waals surface area contributed by atoms with Crippen molar-refractivity contribution in [2.75, 3.05) is 11.1 Å². The van der Waals surface area contributed by atoms with Gasteiger partial charge < -0.3 is 9.73 Å².